The number of nitrogens with zero attached hydrogens (tertiary/aromatic N) is 2. The zero-order chi connectivity index (χ0) is 15.9. The summed E-state index contributed by atoms with van der Waals surface area (Å²) in [7, 11) is 0. The van der Waals surface area contributed by atoms with E-state index in [4.69, 9.17) is 18.0 Å². The van der Waals surface area contributed by atoms with E-state index in [0.717, 1.165) is 26.2 Å². The van der Waals surface area contributed by atoms with Crippen molar-refractivity contribution in [2.45, 2.75) is 6.54 Å². The molecule has 0 saturated carbocycles. The van der Waals surface area contributed by atoms with Crippen LogP contribution in [0.25, 0.3) is 0 Å². The molecule has 4 nitrogen and oxygen atoms in total. The Balaban J connectivity index is 1.80. The Morgan fingerprint density at radius 1 is 1.32 bits per heavy atom. The highest BCUT2D eigenvalue weighted by Crippen LogP contribution is 2.21. The Kier molecular flexibility index (Phi) is 6.20. The van der Waals surface area contributed by atoms with Gasteiger partial charge in [-0.1, -0.05) is 23.6 Å². The Labute approximate surface area is 135 Å². The van der Waals surface area contributed by atoms with Crippen molar-refractivity contribution in [3.05, 3.63) is 34.6 Å². The molecule has 0 aromatic heterocycles. The van der Waals surface area contributed by atoms with Gasteiger partial charge in [-0.15, -0.1) is 6.42 Å². The summed E-state index contributed by atoms with van der Waals surface area (Å²) in [6, 6.07) is 4.73. The fourth-order valence-electron chi connectivity index (χ4n) is 2.42. The molecule has 6 heteroatoms. The van der Waals surface area contributed by atoms with Gasteiger partial charge in [-0.25, -0.2) is 4.39 Å². The van der Waals surface area contributed by atoms with E-state index in [9.17, 15) is 9.18 Å². The van der Waals surface area contributed by atoms with Gasteiger partial charge in [-0.2, -0.15) is 0 Å². The first-order valence-electron chi connectivity index (χ1n) is 7.18. The Morgan fingerprint density at radius 2 is 2.00 bits per heavy atom. The largest absolute Gasteiger partial charge is 0.344 e. The molecule has 0 radical (unpaired) electrons. The van der Waals surface area contributed by atoms with Crippen LogP contribution in [0.5, 0.6) is 0 Å². The summed E-state index contributed by atoms with van der Waals surface area (Å²) >= 11 is 6.05. The fourth-order valence-corrected chi connectivity index (χ4v) is 2.64. The van der Waals surface area contributed by atoms with Crippen LogP contribution >= 0.6 is 11.6 Å². The van der Waals surface area contributed by atoms with Crippen molar-refractivity contribution in [2.24, 2.45) is 0 Å². The molecule has 1 aliphatic rings. The zero-order valence-electron chi connectivity index (χ0n) is 12.3. The van der Waals surface area contributed by atoms with Crippen molar-refractivity contribution in [1.82, 2.24) is 15.1 Å². The van der Waals surface area contributed by atoms with Crippen molar-refractivity contribution in [2.75, 3.05) is 39.3 Å². The molecule has 1 saturated heterocycles. The molecule has 1 heterocycles. The van der Waals surface area contributed by atoms with E-state index in [2.05, 4.69) is 21.0 Å². The summed E-state index contributed by atoms with van der Waals surface area (Å²) in [5.74, 6) is 2.03. The number of nitrogens with one attached hydrogen (secondary N) is 1. The van der Waals surface area contributed by atoms with Crippen LogP contribution in [0.4, 0.5) is 4.39 Å². The average molecular weight is 324 g/mol. The van der Waals surface area contributed by atoms with Crippen LogP contribution in [-0.2, 0) is 11.3 Å². The van der Waals surface area contributed by atoms with Gasteiger partial charge >= 0.3 is 0 Å². The molecule has 2 rings (SSSR count). The second-order valence-electron chi connectivity index (χ2n) is 5.23. The highest BCUT2D eigenvalue weighted by Gasteiger charge is 2.20. The van der Waals surface area contributed by atoms with Crippen LogP contribution in [-0.4, -0.2) is 55.0 Å². The maximum Gasteiger partial charge on any atom is 0.234 e. The topological polar surface area (TPSA) is 35.6 Å². The van der Waals surface area contributed by atoms with Crippen LogP contribution in [0.2, 0.25) is 5.02 Å². The normalized spacial score (nSPS) is 16.2. The summed E-state index contributed by atoms with van der Waals surface area (Å²) in [6.07, 6.45) is 5.10. The molecular formula is C16H19ClFN3O. The van der Waals surface area contributed by atoms with E-state index in [1.807, 2.05) is 0 Å². The van der Waals surface area contributed by atoms with E-state index in [0.29, 0.717) is 23.7 Å². The van der Waals surface area contributed by atoms with E-state index in [1.54, 1.807) is 12.1 Å². The number of halogens is 2. The number of benzene rings is 1. The van der Waals surface area contributed by atoms with Crippen LogP contribution in [0, 0.1) is 18.2 Å². The molecule has 22 heavy (non-hydrogen) atoms. The lowest BCUT2D eigenvalue weighted by atomic mass is 10.2. The van der Waals surface area contributed by atoms with Gasteiger partial charge in [0.2, 0.25) is 5.91 Å². The maximum atomic E-state index is 13.8. The van der Waals surface area contributed by atoms with Crippen molar-refractivity contribution < 1.29 is 9.18 Å². The number of hydrogen-bond donors (Lipinski definition) is 1. The highest BCUT2D eigenvalue weighted by molar-refractivity contribution is 6.31. The SMILES string of the molecule is C#CCNC(=O)CN1CCN(Cc2c(F)cccc2Cl)CC1. The minimum atomic E-state index is -0.274. The van der Waals surface area contributed by atoms with Gasteiger partial charge in [0.05, 0.1) is 13.1 Å². The van der Waals surface area contributed by atoms with Crippen LogP contribution in [0.15, 0.2) is 18.2 Å². The Bertz CT molecular complexity index is 545. The van der Waals surface area contributed by atoms with Crippen molar-refractivity contribution >= 4 is 17.5 Å². The molecule has 0 bridgehead atoms. The second kappa shape index (κ2) is 8.14. The third kappa shape index (κ3) is 4.70. The van der Waals surface area contributed by atoms with Gasteiger partial charge < -0.3 is 5.32 Å². The number of amides is 1. The van der Waals surface area contributed by atoms with Gasteiger partial charge in [0, 0.05) is 43.3 Å². The predicted molar refractivity (Wildman–Crippen MR) is 85.0 cm³/mol. The lowest BCUT2D eigenvalue weighted by molar-refractivity contribution is -0.122. The summed E-state index contributed by atoms with van der Waals surface area (Å²) in [5.41, 5.74) is 0.532. The van der Waals surface area contributed by atoms with Gasteiger partial charge in [0.15, 0.2) is 0 Å². The first-order valence-corrected chi connectivity index (χ1v) is 7.55. The lowest BCUT2D eigenvalue weighted by Gasteiger charge is -2.34. The predicted octanol–water partition coefficient (Wildman–Crippen LogP) is 1.35. The molecule has 0 spiro atoms. The smallest absolute Gasteiger partial charge is 0.234 e. The molecule has 118 valence electrons. The first-order chi connectivity index (χ1) is 10.6. The van der Waals surface area contributed by atoms with Crippen molar-refractivity contribution in [3.63, 3.8) is 0 Å². The quantitative estimate of drug-likeness (QED) is 0.831. The van der Waals surface area contributed by atoms with E-state index in [-0.39, 0.29) is 18.3 Å². The summed E-state index contributed by atoms with van der Waals surface area (Å²) in [4.78, 5) is 15.8. The monoisotopic (exact) mass is 323 g/mol. The zero-order valence-corrected chi connectivity index (χ0v) is 13.1. The average Bonchev–Trinajstić information content (AvgIpc) is 2.51. The molecule has 1 aromatic rings. The molecular weight excluding hydrogens is 305 g/mol. The summed E-state index contributed by atoms with van der Waals surface area (Å²) < 4.78 is 13.8. The number of hydrogen-bond acceptors (Lipinski definition) is 3. The molecule has 1 N–H and O–H groups in total. The molecule has 1 amide bonds. The van der Waals surface area contributed by atoms with Crippen molar-refractivity contribution in [3.8, 4) is 12.3 Å². The standard InChI is InChI=1S/C16H19ClFN3O/c1-2-6-19-16(22)12-21-9-7-20(8-10-21)11-13-14(17)4-3-5-15(13)18/h1,3-5H,6-12H2,(H,19,22). The molecule has 0 atom stereocenters. The van der Waals surface area contributed by atoms with Crippen LogP contribution in [0.3, 0.4) is 0 Å². The van der Waals surface area contributed by atoms with Crippen LogP contribution in [0.1, 0.15) is 5.56 Å². The number of carbonyl (C=O) groups excluding carboxylic acids is 1. The fraction of sp³-hybridized carbons (Fsp3) is 0.438. The van der Waals surface area contributed by atoms with E-state index >= 15 is 0 Å². The number of terminal acetylenes is 1. The van der Waals surface area contributed by atoms with Gasteiger partial charge in [0.1, 0.15) is 5.82 Å². The number of rotatable bonds is 5. The van der Waals surface area contributed by atoms with Crippen LogP contribution < -0.4 is 5.32 Å². The molecule has 1 aromatic carbocycles. The lowest BCUT2D eigenvalue weighted by Crippen LogP contribution is -2.49. The Morgan fingerprint density at radius 3 is 2.64 bits per heavy atom. The number of piperazine rings is 1. The van der Waals surface area contributed by atoms with Gasteiger partial charge in [-0.3, -0.25) is 14.6 Å². The summed E-state index contributed by atoms with van der Waals surface area (Å²) in [5, 5.41) is 3.10. The first kappa shape index (κ1) is 16.8. The van der Waals surface area contributed by atoms with Crippen molar-refractivity contribution in [1.29, 1.82) is 0 Å². The molecule has 0 unspecified atom stereocenters. The van der Waals surface area contributed by atoms with E-state index in [1.165, 1.54) is 6.07 Å². The minimum absolute atomic E-state index is 0.0662. The second-order valence-corrected chi connectivity index (χ2v) is 5.64. The van der Waals surface area contributed by atoms with Gasteiger partial charge in [0.25, 0.3) is 0 Å². The maximum absolute atomic E-state index is 13.8. The molecule has 0 aliphatic carbocycles. The highest BCUT2D eigenvalue weighted by atomic mass is 35.5. The van der Waals surface area contributed by atoms with E-state index < -0.39 is 0 Å². The third-order valence-electron chi connectivity index (χ3n) is 3.66. The molecule has 1 fully saturated rings. The number of carbonyl (C=O) groups is 1. The minimum Gasteiger partial charge on any atom is -0.344 e. The van der Waals surface area contributed by atoms with Gasteiger partial charge in [-0.05, 0) is 12.1 Å². The summed E-state index contributed by atoms with van der Waals surface area (Å²) in [6.45, 7) is 4.15. The third-order valence-corrected chi connectivity index (χ3v) is 4.02. The Hall–Kier alpha value is -1.61. The molecule has 1 aliphatic heterocycles.